The van der Waals surface area contributed by atoms with Gasteiger partial charge in [-0.05, 0) is 52.8 Å². The number of rotatable bonds is 6. The summed E-state index contributed by atoms with van der Waals surface area (Å²) in [5.41, 5.74) is 5.03. The molecule has 0 spiro atoms. The molecule has 0 radical (unpaired) electrons. The predicted molar refractivity (Wildman–Crippen MR) is 143 cm³/mol. The molecule has 1 N–H and O–H groups in total. The van der Waals surface area contributed by atoms with E-state index < -0.39 is 0 Å². The Morgan fingerprint density at radius 1 is 1.03 bits per heavy atom. The van der Waals surface area contributed by atoms with Crippen LogP contribution in [0.25, 0.3) is 16.6 Å². The second-order valence-corrected chi connectivity index (χ2v) is 10.4. The molecule has 192 valence electrons. The average molecular weight is 491 g/mol. The highest BCUT2D eigenvalue weighted by atomic mass is 16.1. The van der Waals surface area contributed by atoms with Gasteiger partial charge in [-0.1, -0.05) is 17.7 Å². The number of hydrogen-bond acceptors (Lipinski definition) is 7. The lowest BCUT2D eigenvalue weighted by molar-refractivity contribution is -0.125. The van der Waals surface area contributed by atoms with E-state index in [4.69, 9.17) is 5.10 Å². The van der Waals surface area contributed by atoms with E-state index >= 15 is 0 Å². The molecular weight excluding hydrogens is 452 g/mol. The summed E-state index contributed by atoms with van der Waals surface area (Å²) in [7, 11) is 2.16. The van der Waals surface area contributed by atoms with E-state index in [9.17, 15) is 4.79 Å². The number of carbonyl (C=O) groups excluding carboxylic acids is 1. The van der Waals surface area contributed by atoms with Crippen molar-refractivity contribution in [2.45, 2.75) is 33.6 Å². The maximum atomic E-state index is 13.0. The summed E-state index contributed by atoms with van der Waals surface area (Å²) in [6.07, 6.45) is 1.85. The maximum absolute atomic E-state index is 13.0. The first kappa shape index (κ1) is 24.6. The third-order valence-corrected chi connectivity index (χ3v) is 7.68. The van der Waals surface area contributed by atoms with Gasteiger partial charge < -0.3 is 15.1 Å². The Bertz CT molecular complexity index is 1210. The highest BCUT2D eigenvalue weighted by molar-refractivity contribution is 5.92. The van der Waals surface area contributed by atoms with Crippen LogP contribution in [0.2, 0.25) is 0 Å². The number of benzene rings is 1. The summed E-state index contributed by atoms with van der Waals surface area (Å²) in [5, 5.41) is 18.3. The van der Waals surface area contributed by atoms with Crippen LogP contribution in [-0.2, 0) is 4.79 Å². The zero-order valence-electron chi connectivity index (χ0n) is 22.0. The first-order valence-corrected chi connectivity index (χ1v) is 13.1. The molecule has 2 aliphatic rings. The molecule has 2 saturated heterocycles. The lowest BCUT2D eigenvalue weighted by atomic mass is 9.97. The van der Waals surface area contributed by atoms with Crippen LogP contribution in [-0.4, -0.2) is 95.1 Å². The van der Waals surface area contributed by atoms with Crippen molar-refractivity contribution in [3.8, 4) is 5.69 Å². The lowest BCUT2D eigenvalue weighted by Gasteiger charge is -2.34. The number of aryl methyl sites for hydroxylation is 3. The summed E-state index contributed by atoms with van der Waals surface area (Å²) >= 11 is 0. The van der Waals surface area contributed by atoms with Gasteiger partial charge in [-0.25, -0.2) is 4.68 Å². The van der Waals surface area contributed by atoms with Gasteiger partial charge in [-0.3, -0.25) is 9.69 Å². The van der Waals surface area contributed by atoms with E-state index in [1.54, 1.807) is 0 Å². The molecule has 0 bridgehead atoms. The number of likely N-dealkylation sites (N-methyl/N-ethyl adjacent to an activating group) is 1. The minimum absolute atomic E-state index is 0.0512. The molecule has 1 atom stereocenters. The topological polar surface area (TPSA) is 82.4 Å². The second kappa shape index (κ2) is 10.5. The third kappa shape index (κ3) is 5.08. The summed E-state index contributed by atoms with van der Waals surface area (Å²) in [6, 6.07) is 8.38. The Balaban J connectivity index is 1.30. The van der Waals surface area contributed by atoms with Crippen LogP contribution < -0.4 is 10.2 Å². The molecule has 0 aliphatic carbocycles. The van der Waals surface area contributed by atoms with E-state index in [1.807, 2.05) is 11.6 Å². The zero-order chi connectivity index (χ0) is 25.2. The molecule has 5 rings (SSSR count). The molecular formula is C27H38N8O. The van der Waals surface area contributed by atoms with Crippen molar-refractivity contribution in [1.29, 1.82) is 0 Å². The number of hydrogen-bond donors (Lipinski definition) is 1. The normalized spacial score (nSPS) is 19.7. The maximum Gasteiger partial charge on any atom is 0.224 e. The highest BCUT2D eigenvalue weighted by Gasteiger charge is 2.29. The minimum Gasteiger partial charge on any atom is -0.355 e. The summed E-state index contributed by atoms with van der Waals surface area (Å²) in [6.45, 7) is 13.6. The molecule has 1 unspecified atom stereocenters. The standard InChI is InChI=1S/C27H38N8O/c1-19-7-9-23(10-8-19)35-21(3)24-20(2)29-30-26(25(24)31-35)34-12-5-6-22(18-34)27(36)28-11-13-33-16-14-32(4)15-17-33/h7-10,22H,5-6,11-18H2,1-4H3,(H,28,36). The van der Waals surface area contributed by atoms with Gasteiger partial charge in [0.1, 0.15) is 5.52 Å². The molecule has 1 amide bonds. The number of piperidine rings is 1. The summed E-state index contributed by atoms with van der Waals surface area (Å²) in [4.78, 5) is 20.0. The van der Waals surface area contributed by atoms with Crippen molar-refractivity contribution in [3.63, 3.8) is 0 Å². The first-order chi connectivity index (χ1) is 17.4. The smallest absolute Gasteiger partial charge is 0.224 e. The van der Waals surface area contributed by atoms with E-state index in [1.165, 1.54) is 5.56 Å². The fourth-order valence-electron chi connectivity index (χ4n) is 5.40. The van der Waals surface area contributed by atoms with Crippen molar-refractivity contribution < 1.29 is 4.79 Å². The van der Waals surface area contributed by atoms with Crippen LogP contribution in [0.4, 0.5) is 5.82 Å². The largest absolute Gasteiger partial charge is 0.355 e. The van der Waals surface area contributed by atoms with Crippen LogP contribution in [0.1, 0.15) is 29.8 Å². The number of fused-ring (bicyclic) bond motifs is 1. The molecule has 3 aromatic rings. The van der Waals surface area contributed by atoms with Crippen LogP contribution in [0.5, 0.6) is 0 Å². The molecule has 36 heavy (non-hydrogen) atoms. The monoisotopic (exact) mass is 490 g/mol. The average Bonchev–Trinajstić information content (AvgIpc) is 3.24. The molecule has 2 fully saturated rings. The summed E-state index contributed by atoms with van der Waals surface area (Å²) in [5.74, 6) is 0.871. The van der Waals surface area contributed by atoms with Gasteiger partial charge in [-0.15, -0.1) is 5.10 Å². The molecule has 9 heteroatoms. The molecule has 9 nitrogen and oxygen atoms in total. The van der Waals surface area contributed by atoms with Gasteiger partial charge >= 0.3 is 0 Å². The number of carbonyl (C=O) groups is 1. The second-order valence-electron chi connectivity index (χ2n) is 10.4. The van der Waals surface area contributed by atoms with Crippen LogP contribution >= 0.6 is 0 Å². The Morgan fingerprint density at radius 3 is 2.53 bits per heavy atom. The Morgan fingerprint density at radius 2 is 1.78 bits per heavy atom. The van der Waals surface area contributed by atoms with Crippen molar-refractivity contribution in [2.75, 3.05) is 64.3 Å². The third-order valence-electron chi connectivity index (χ3n) is 7.68. The Labute approximate surface area is 213 Å². The van der Waals surface area contributed by atoms with Gasteiger partial charge in [-0.2, -0.15) is 10.2 Å². The van der Waals surface area contributed by atoms with Crippen LogP contribution in [0, 0.1) is 26.7 Å². The molecule has 0 saturated carbocycles. The number of nitrogens with zero attached hydrogens (tertiary/aromatic N) is 7. The quantitative estimate of drug-likeness (QED) is 0.568. The van der Waals surface area contributed by atoms with Crippen molar-refractivity contribution in [2.24, 2.45) is 5.92 Å². The number of anilines is 1. The van der Waals surface area contributed by atoms with E-state index in [0.29, 0.717) is 13.1 Å². The molecule has 2 aliphatic heterocycles. The van der Waals surface area contributed by atoms with Crippen molar-refractivity contribution in [3.05, 3.63) is 41.2 Å². The van der Waals surface area contributed by atoms with E-state index in [-0.39, 0.29) is 11.8 Å². The molecule has 4 heterocycles. The number of piperazine rings is 1. The van der Waals surface area contributed by atoms with Gasteiger partial charge in [0.05, 0.1) is 28.4 Å². The Kier molecular flexibility index (Phi) is 7.20. The van der Waals surface area contributed by atoms with Gasteiger partial charge in [0, 0.05) is 52.4 Å². The number of nitrogens with one attached hydrogen (secondary N) is 1. The first-order valence-electron chi connectivity index (χ1n) is 13.1. The fraction of sp³-hybridized carbons (Fsp3) is 0.556. The zero-order valence-corrected chi connectivity index (χ0v) is 22.0. The number of aromatic nitrogens is 4. The fourth-order valence-corrected chi connectivity index (χ4v) is 5.40. The molecule has 2 aromatic heterocycles. The summed E-state index contributed by atoms with van der Waals surface area (Å²) < 4.78 is 1.98. The lowest BCUT2D eigenvalue weighted by Crippen LogP contribution is -2.48. The van der Waals surface area contributed by atoms with Gasteiger partial charge in [0.2, 0.25) is 5.91 Å². The highest BCUT2D eigenvalue weighted by Crippen LogP contribution is 2.31. The van der Waals surface area contributed by atoms with Gasteiger partial charge in [0.15, 0.2) is 5.82 Å². The van der Waals surface area contributed by atoms with Crippen molar-refractivity contribution in [1.82, 2.24) is 35.1 Å². The predicted octanol–water partition coefficient (Wildman–Crippen LogP) is 2.32. The Hall–Kier alpha value is -3.04. The van der Waals surface area contributed by atoms with Crippen LogP contribution in [0.15, 0.2) is 24.3 Å². The molecule has 1 aromatic carbocycles. The number of amides is 1. The SMILES string of the molecule is Cc1ccc(-n2nc3c(N4CCCC(C(=O)NCCN5CCN(C)CC5)C4)nnc(C)c3c2C)cc1. The van der Waals surface area contributed by atoms with Crippen LogP contribution in [0.3, 0.4) is 0 Å². The minimum atomic E-state index is -0.0512. The van der Waals surface area contributed by atoms with Gasteiger partial charge in [0.25, 0.3) is 0 Å². The van der Waals surface area contributed by atoms with Crippen molar-refractivity contribution >= 4 is 22.6 Å². The van der Waals surface area contributed by atoms with E-state index in [0.717, 1.165) is 85.9 Å². The van der Waals surface area contributed by atoms with E-state index in [2.05, 4.69) is 75.4 Å².